The molecule has 2 atom stereocenters. The number of fused-ring (bicyclic) bond motifs is 1. The fraction of sp³-hybridized carbons (Fsp3) is 0.600. The first-order chi connectivity index (χ1) is 13.4. The Morgan fingerprint density at radius 1 is 1.45 bits per heavy atom. The van der Waals surface area contributed by atoms with Crippen LogP contribution in [0.4, 0.5) is 10.6 Å². The van der Waals surface area contributed by atoms with Gasteiger partial charge in [0.2, 0.25) is 0 Å². The molecular formula is C20H27ClN4O4. The second-order valence-electron chi connectivity index (χ2n) is 8.84. The summed E-state index contributed by atoms with van der Waals surface area (Å²) in [6.45, 7) is 7.10. The van der Waals surface area contributed by atoms with E-state index < -0.39 is 17.3 Å². The van der Waals surface area contributed by atoms with Gasteiger partial charge in [0.25, 0.3) is 0 Å². The van der Waals surface area contributed by atoms with Gasteiger partial charge in [-0.05, 0) is 46.5 Å². The summed E-state index contributed by atoms with van der Waals surface area (Å²) in [4.78, 5) is 30.9. The number of Topliss-reactive ketones (excluding diaryl/α,β-unsaturated/α-hetero) is 1. The molecule has 9 heteroatoms. The Bertz CT molecular complexity index is 948. The van der Waals surface area contributed by atoms with E-state index in [0.29, 0.717) is 17.8 Å². The van der Waals surface area contributed by atoms with Gasteiger partial charge in [-0.3, -0.25) is 9.69 Å². The fourth-order valence-corrected chi connectivity index (χ4v) is 3.83. The molecule has 1 unspecified atom stereocenters. The van der Waals surface area contributed by atoms with Crippen LogP contribution in [0, 0.1) is 5.92 Å². The highest BCUT2D eigenvalue weighted by molar-refractivity contribution is 6.30. The largest absolute Gasteiger partial charge is 0.443 e. The van der Waals surface area contributed by atoms with E-state index in [-0.39, 0.29) is 28.9 Å². The zero-order valence-electron chi connectivity index (χ0n) is 17.4. The number of halogens is 1. The lowest BCUT2D eigenvalue weighted by Crippen LogP contribution is -2.35. The Kier molecular flexibility index (Phi) is 5.62. The lowest BCUT2D eigenvalue weighted by atomic mass is 9.87. The van der Waals surface area contributed by atoms with Crippen molar-refractivity contribution in [3.8, 4) is 0 Å². The molecule has 0 spiro atoms. The lowest BCUT2D eigenvalue weighted by molar-refractivity contribution is 0.0182. The van der Waals surface area contributed by atoms with Crippen molar-refractivity contribution in [1.82, 2.24) is 14.6 Å². The van der Waals surface area contributed by atoms with Crippen molar-refractivity contribution < 1.29 is 19.4 Å². The molecule has 1 aliphatic rings. The molecule has 1 N–H and O–H groups in total. The Hall–Kier alpha value is -2.19. The SMILES string of the molecule is CN(C(=O)OC(C)(C)C)c1cc(Cl)nc2c(C(=O)CC3CCC[C@]3(C)O)cnn12. The summed E-state index contributed by atoms with van der Waals surface area (Å²) >= 11 is 6.17. The highest BCUT2D eigenvalue weighted by Gasteiger charge is 2.38. The minimum atomic E-state index is -0.841. The molecule has 29 heavy (non-hydrogen) atoms. The van der Waals surface area contributed by atoms with Crippen LogP contribution >= 0.6 is 11.6 Å². The first kappa shape index (κ1) is 21.5. The minimum absolute atomic E-state index is 0.104. The summed E-state index contributed by atoms with van der Waals surface area (Å²) in [6, 6.07) is 1.49. The summed E-state index contributed by atoms with van der Waals surface area (Å²) in [7, 11) is 1.54. The van der Waals surface area contributed by atoms with Crippen LogP contribution in [0.2, 0.25) is 5.15 Å². The Morgan fingerprint density at radius 3 is 2.72 bits per heavy atom. The molecule has 8 nitrogen and oxygen atoms in total. The van der Waals surface area contributed by atoms with Gasteiger partial charge in [0.1, 0.15) is 16.6 Å². The van der Waals surface area contributed by atoms with Crippen LogP contribution < -0.4 is 4.90 Å². The van der Waals surface area contributed by atoms with Crippen molar-refractivity contribution in [2.75, 3.05) is 11.9 Å². The third kappa shape index (κ3) is 4.53. The van der Waals surface area contributed by atoms with Gasteiger partial charge in [-0.15, -0.1) is 0 Å². The molecule has 1 fully saturated rings. The molecule has 0 aliphatic heterocycles. The molecule has 3 rings (SSSR count). The van der Waals surface area contributed by atoms with E-state index in [1.54, 1.807) is 27.7 Å². The number of amides is 1. The van der Waals surface area contributed by atoms with Crippen LogP contribution in [-0.2, 0) is 4.74 Å². The first-order valence-electron chi connectivity index (χ1n) is 9.65. The van der Waals surface area contributed by atoms with Crippen LogP contribution in [0.25, 0.3) is 5.65 Å². The van der Waals surface area contributed by atoms with Gasteiger partial charge in [-0.2, -0.15) is 9.61 Å². The quantitative estimate of drug-likeness (QED) is 0.593. The number of carbonyl (C=O) groups is 2. The van der Waals surface area contributed by atoms with Crippen LogP contribution in [0.5, 0.6) is 0 Å². The smallest absolute Gasteiger partial charge is 0.415 e. The van der Waals surface area contributed by atoms with Gasteiger partial charge >= 0.3 is 6.09 Å². The molecule has 158 valence electrons. The monoisotopic (exact) mass is 422 g/mol. The number of hydrogen-bond donors (Lipinski definition) is 1. The number of hydrogen-bond acceptors (Lipinski definition) is 6. The number of ether oxygens (including phenoxy) is 1. The van der Waals surface area contributed by atoms with Gasteiger partial charge < -0.3 is 9.84 Å². The maximum absolute atomic E-state index is 12.9. The number of carbonyl (C=O) groups excluding carboxylic acids is 2. The van der Waals surface area contributed by atoms with E-state index >= 15 is 0 Å². The molecular weight excluding hydrogens is 396 g/mol. The van der Waals surface area contributed by atoms with Crippen LogP contribution in [0.3, 0.4) is 0 Å². The Labute approximate surface area is 174 Å². The van der Waals surface area contributed by atoms with E-state index in [4.69, 9.17) is 16.3 Å². The minimum Gasteiger partial charge on any atom is -0.443 e. The van der Waals surface area contributed by atoms with Crippen molar-refractivity contribution in [3.63, 3.8) is 0 Å². The summed E-state index contributed by atoms with van der Waals surface area (Å²) in [6.07, 6.45) is 3.45. The number of anilines is 1. The van der Waals surface area contributed by atoms with Crippen molar-refractivity contribution >= 4 is 34.9 Å². The highest BCUT2D eigenvalue weighted by Crippen LogP contribution is 2.38. The van der Waals surface area contributed by atoms with Gasteiger partial charge in [0.15, 0.2) is 11.4 Å². The van der Waals surface area contributed by atoms with E-state index in [1.807, 2.05) is 0 Å². The molecule has 2 aromatic rings. The number of rotatable bonds is 4. The molecule has 1 amide bonds. The molecule has 2 aromatic heterocycles. The van der Waals surface area contributed by atoms with Gasteiger partial charge in [-0.25, -0.2) is 9.78 Å². The molecule has 2 heterocycles. The van der Waals surface area contributed by atoms with E-state index in [9.17, 15) is 14.7 Å². The summed E-state index contributed by atoms with van der Waals surface area (Å²) in [5, 5.41) is 14.8. The topological polar surface area (TPSA) is 97.0 Å². The summed E-state index contributed by atoms with van der Waals surface area (Å²) < 4.78 is 6.79. The van der Waals surface area contributed by atoms with Crippen LogP contribution in [-0.4, -0.2) is 49.8 Å². The van der Waals surface area contributed by atoms with Crippen LogP contribution in [0.1, 0.15) is 63.7 Å². The van der Waals surface area contributed by atoms with Crippen molar-refractivity contribution in [1.29, 1.82) is 0 Å². The number of aliphatic hydroxyl groups is 1. The maximum atomic E-state index is 12.9. The standard InChI is InChI=1S/C20H27ClN4O4/c1-19(2,3)29-18(27)24(5)16-10-15(21)23-17-13(11-22-25(16)17)14(26)9-12-7-6-8-20(12,4)28/h10-12,28H,6-9H2,1-5H3/t12?,20-/m0/s1. The first-order valence-corrected chi connectivity index (χ1v) is 10.0. The lowest BCUT2D eigenvalue weighted by Gasteiger charge is -2.25. The normalized spacial score (nSPS) is 22.1. The Balaban J connectivity index is 1.93. The van der Waals surface area contributed by atoms with Crippen LogP contribution in [0.15, 0.2) is 12.3 Å². The van der Waals surface area contributed by atoms with Gasteiger partial charge in [0.05, 0.1) is 17.4 Å². The van der Waals surface area contributed by atoms with Crippen molar-refractivity contribution in [3.05, 3.63) is 23.0 Å². The number of nitrogens with zero attached hydrogens (tertiary/aromatic N) is 4. The molecule has 1 saturated carbocycles. The van der Waals surface area contributed by atoms with Crippen molar-refractivity contribution in [2.45, 2.75) is 64.6 Å². The Morgan fingerprint density at radius 2 is 2.14 bits per heavy atom. The molecule has 0 aromatic carbocycles. The zero-order valence-corrected chi connectivity index (χ0v) is 18.2. The average Bonchev–Trinajstić information content (AvgIpc) is 3.15. The number of aromatic nitrogens is 3. The molecule has 0 saturated heterocycles. The predicted molar refractivity (Wildman–Crippen MR) is 110 cm³/mol. The van der Waals surface area contributed by atoms with Gasteiger partial charge in [0, 0.05) is 19.5 Å². The second-order valence-corrected chi connectivity index (χ2v) is 9.23. The third-order valence-electron chi connectivity index (χ3n) is 5.28. The molecule has 1 aliphatic carbocycles. The van der Waals surface area contributed by atoms with Gasteiger partial charge in [-0.1, -0.05) is 18.0 Å². The summed E-state index contributed by atoms with van der Waals surface area (Å²) in [5.74, 6) is 0.0713. The molecule has 0 bridgehead atoms. The van der Waals surface area contributed by atoms with Crippen molar-refractivity contribution in [2.24, 2.45) is 5.92 Å². The second kappa shape index (κ2) is 7.57. The van der Waals surface area contributed by atoms with E-state index in [0.717, 1.165) is 12.8 Å². The molecule has 0 radical (unpaired) electrons. The zero-order chi connectivity index (χ0) is 21.6. The summed E-state index contributed by atoms with van der Waals surface area (Å²) in [5.41, 5.74) is -0.920. The fourth-order valence-electron chi connectivity index (χ4n) is 3.65. The van der Waals surface area contributed by atoms with E-state index in [2.05, 4.69) is 10.1 Å². The van der Waals surface area contributed by atoms with E-state index in [1.165, 1.54) is 28.7 Å². The number of ketones is 1. The average molecular weight is 423 g/mol. The third-order valence-corrected chi connectivity index (χ3v) is 5.47. The maximum Gasteiger partial charge on any atom is 0.415 e. The predicted octanol–water partition coefficient (Wildman–Crippen LogP) is 3.88. The highest BCUT2D eigenvalue weighted by atomic mass is 35.5.